The zero-order valence-electron chi connectivity index (χ0n) is 16.4. The Hall–Kier alpha value is -3.81. The Kier molecular flexibility index (Phi) is 5.93. The van der Waals surface area contributed by atoms with E-state index in [1.807, 2.05) is 54.7 Å². The van der Waals surface area contributed by atoms with Gasteiger partial charge in [0.25, 0.3) is 0 Å². The lowest BCUT2D eigenvalue weighted by Gasteiger charge is -2.11. The van der Waals surface area contributed by atoms with Crippen LogP contribution in [0.3, 0.4) is 0 Å². The van der Waals surface area contributed by atoms with Gasteiger partial charge in [-0.2, -0.15) is 10.2 Å². The molecule has 3 heterocycles. The first-order valence-electron chi connectivity index (χ1n) is 9.84. The third-order valence-electron chi connectivity index (χ3n) is 4.80. The van der Waals surface area contributed by atoms with Crippen LogP contribution in [0.25, 0.3) is 5.82 Å². The van der Waals surface area contributed by atoms with Gasteiger partial charge in [0.2, 0.25) is 11.8 Å². The quantitative estimate of drug-likeness (QED) is 0.656. The highest BCUT2D eigenvalue weighted by Crippen LogP contribution is 2.15. The van der Waals surface area contributed by atoms with E-state index in [1.54, 1.807) is 17.1 Å². The highest BCUT2D eigenvalue weighted by Gasteiger charge is 2.21. The Bertz CT molecular complexity index is 1030. The second-order valence-electron chi connectivity index (χ2n) is 6.93. The predicted octanol–water partition coefficient (Wildman–Crippen LogP) is 2.30. The predicted molar refractivity (Wildman–Crippen MR) is 112 cm³/mol. The molecule has 152 valence electrons. The summed E-state index contributed by atoms with van der Waals surface area (Å²) in [6.07, 6.45) is 6.19. The van der Waals surface area contributed by atoms with Gasteiger partial charge in [-0.15, -0.1) is 0 Å². The largest absolute Gasteiger partial charge is 0.352 e. The molecule has 0 saturated carbocycles. The van der Waals surface area contributed by atoms with E-state index < -0.39 is 0 Å². The van der Waals surface area contributed by atoms with Crippen molar-refractivity contribution in [1.29, 1.82) is 0 Å². The first kappa shape index (κ1) is 19.5. The Morgan fingerprint density at radius 2 is 1.90 bits per heavy atom. The molecule has 0 saturated heterocycles. The molecule has 0 unspecified atom stereocenters. The number of hydrogen-bond acceptors (Lipinski definition) is 5. The normalized spacial score (nSPS) is 13.2. The molecule has 1 aromatic carbocycles. The maximum atomic E-state index is 12.4. The van der Waals surface area contributed by atoms with Gasteiger partial charge in [0.05, 0.1) is 12.3 Å². The summed E-state index contributed by atoms with van der Waals surface area (Å²) in [6, 6.07) is 15.4. The van der Waals surface area contributed by atoms with Gasteiger partial charge in [-0.1, -0.05) is 36.4 Å². The number of aromatic nitrogens is 3. The van der Waals surface area contributed by atoms with Crippen molar-refractivity contribution in [3.05, 3.63) is 78.2 Å². The molecular weight excluding hydrogens is 380 g/mol. The molecule has 0 radical (unpaired) electrons. The van der Waals surface area contributed by atoms with Crippen LogP contribution in [0.4, 0.5) is 0 Å². The standard InChI is InChI=1S/C22H22N6O2/c29-21(24-16-17-7-8-20(23-15-17)27-13-4-12-25-27)9-10-22(30)28-14-11-19(26-28)18-5-2-1-3-6-18/h1-8,12-13,15H,9-11,14,16H2,(H,24,29). The van der Waals surface area contributed by atoms with Crippen LogP contribution in [0.15, 0.2) is 72.2 Å². The van der Waals surface area contributed by atoms with Gasteiger partial charge in [0.15, 0.2) is 5.82 Å². The van der Waals surface area contributed by atoms with Crippen molar-refractivity contribution in [2.45, 2.75) is 25.8 Å². The lowest BCUT2D eigenvalue weighted by atomic mass is 10.1. The van der Waals surface area contributed by atoms with Crippen LogP contribution in [-0.4, -0.2) is 43.8 Å². The number of amides is 2. The summed E-state index contributed by atoms with van der Waals surface area (Å²) in [5, 5.41) is 12.8. The third-order valence-corrected chi connectivity index (χ3v) is 4.80. The molecule has 8 nitrogen and oxygen atoms in total. The van der Waals surface area contributed by atoms with Gasteiger partial charge in [-0.3, -0.25) is 9.59 Å². The Labute approximate surface area is 174 Å². The van der Waals surface area contributed by atoms with Crippen LogP contribution < -0.4 is 5.32 Å². The summed E-state index contributed by atoms with van der Waals surface area (Å²) in [4.78, 5) is 28.8. The molecule has 8 heteroatoms. The minimum absolute atomic E-state index is 0.129. The highest BCUT2D eigenvalue weighted by atomic mass is 16.2. The van der Waals surface area contributed by atoms with Gasteiger partial charge in [-0.05, 0) is 23.3 Å². The molecule has 3 aromatic rings. The average Bonchev–Trinajstić information content (AvgIpc) is 3.50. The SMILES string of the molecule is O=C(CCC(=O)N1CCC(c2ccccc2)=N1)NCc1ccc(-n2cccn2)nc1. The summed E-state index contributed by atoms with van der Waals surface area (Å²) in [5.74, 6) is 0.397. The van der Waals surface area contributed by atoms with Gasteiger partial charge in [-0.25, -0.2) is 14.7 Å². The van der Waals surface area contributed by atoms with Crippen LogP contribution in [0.1, 0.15) is 30.4 Å². The molecule has 2 amide bonds. The van der Waals surface area contributed by atoms with E-state index in [-0.39, 0.29) is 24.7 Å². The van der Waals surface area contributed by atoms with Crippen molar-refractivity contribution in [3.8, 4) is 5.82 Å². The van der Waals surface area contributed by atoms with Gasteiger partial charge in [0, 0.05) is 44.4 Å². The molecule has 0 aliphatic carbocycles. The summed E-state index contributed by atoms with van der Waals surface area (Å²) >= 11 is 0. The number of nitrogens with zero attached hydrogens (tertiary/aromatic N) is 5. The number of hydrazone groups is 1. The molecule has 1 N–H and O–H groups in total. The second kappa shape index (κ2) is 9.13. The van der Waals surface area contributed by atoms with Crippen molar-refractivity contribution >= 4 is 17.5 Å². The molecule has 0 spiro atoms. The van der Waals surface area contributed by atoms with Crippen LogP contribution in [0.2, 0.25) is 0 Å². The smallest absolute Gasteiger partial charge is 0.243 e. The monoisotopic (exact) mass is 402 g/mol. The zero-order valence-corrected chi connectivity index (χ0v) is 16.4. The zero-order chi connectivity index (χ0) is 20.8. The van der Waals surface area contributed by atoms with Crippen molar-refractivity contribution < 1.29 is 9.59 Å². The number of pyridine rings is 1. The maximum Gasteiger partial charge on any atom is 0.243 e. The van der Waals surface area contributed by atoms with Crippen molar-refractivity contribution in [2.24, 2.45) is 5.10 Å². The molecular formula is C22H22N6O2. The van der Waals surface area contributed by atoms with Gasteiger partial charge in [0.1, 0.15) is 0 Å². The maximum absolute atomic E-state index is 12.4. The Balaban J connectivity index is 1.22. The first-order valence-corrected chi connectivity index (χ1v) is 9.84. The fourth-order valence-corrected chi connectivity index (χ4v) is 3.17. The molecule has 2 aromatic heterocycles. The first-order chi connectivity index (χ1) is 14.7. The highest BCUT2D eigenvalue weighted by molar-refractivity contribution is 6.02. The minimum Gasteiger partial charge on any atom is -0.352 e. The molecule has 0 bridgehead atoms. The van der Waals surface area contributed by atoms with Gasteiger partial charge < -0.3 is 5.32 Å². The fraction of sp³-hybridized carbons (Fsp3) is 0.227. The van der Waals surface area contributed by atoms with E-state index in [0.29, 0.717) is 18.9 Å². The van der Waals surface area contributed by atoms with Crippen LogP contribution in [0, 0.1) is 0 Å². The second-order valence-corrected chi connectivity index (χ2v) is 6.93. The summed E-state index contributed by atoms with van der Waals surface area (Å²) in [5.41, 5.74) is 2.81. The number of rotatable bonds is 7. The molecule has 0 atom stereocenters. The molecule has 4 rings (SSSR count). The lowest BCUT2D eigenvalue weighted by Crippen LogP contribution is -2.27. The van der Waals surface area contributed by atoms with Crippen LogP contribution in [0.5, 0.6) is 0 Å². The average molecular weight is 402 g/mol. The summed E-state index contributed by atoms with van der Waals surface area (Å²) in [6.45, 7) is 0.915. The Morgan fingerprint density at radius 3 is 2.63 bits per heavy atom. The minimum atomic E-state index is -0.175. The summed E-state index contributed by atoms with van der Waals surface area (Å²) in [7, 11) is 0. The number of carbonyl (C=O) groups excluding carboxylic acids is 2. The molecule has 30 heavy (non-hydrogen) atoms. The molecule has 1 aliphatic rings. The Morgan fingerprint density at radius 1 is 1.03 bits per heavy atom. The third kappa shape index (κ3) is 4.78. The van der Waals surface area contributed by atoms with E-state index in [9.17, 15) is 9.59 Å². The number of hydrogen-bond donors (Lipinski definition) is 1. The topological polar surface area (TPSA) is 92.5 Å². The lowest BCUT2D eigenvalue weighted by molar-refractivity contribution is -0.133. The fourth-order valence-electron chi connectivity index (χ4n) is 3.17. The van der Waals surface area contributed by atoms with Crippen molar-refractivity contribution in [3.63, 3.8) is 0 Å². The van der Waals surface area contributed by atoms with Gasteiger partial charge >= 0.3 is 0 Å². The van der Waals surface area contributed by atoms with E-state index >= 15 is 0 Å². The molecule has 1 aliphatic heterocycles. The number of nitrogens with one attached hydrogen (secondary N) is 1. The van der Waals surface area contributed by atoms with Crippen molar-refractivity contribution in [2.75, 3.05) is 6.54 Å². The van der Waals surface area contributed by atoms with Crippen LogP contribution >= 0.6 is 0 Å². The number of benzene rings is 1. The van der Waals surface area contributed by atoms with E-state index in [4.69, 9.17) is 0 Å². The van der Waals surface area contributed by atoms with E-state index in [1.165, 1.54) is 5.01 Å². The van der Waals surface area contributed by atoms with E-state index in [0.717, 1.165) is 23.3 Å². The number of carbonyl (C=O) groups is 2. The van der Waals surface area contributed by atoms with E-state index in [2.05, 4.69) is 20.5 Å². The van der Waals surface area contributed by atoms with Crippen LogP contribution in [-0.2, 0) is 16.1 Å². The summed E-state index contributed by atoms with van der Waals surface area (Å²) < 4.78 is 1.66. The van der Waals surface area contributed by atoms with Crippen molar-refractivity contribution in [1.82, 2.24) is 25.1 Å². The molecule has 0 fully saturated rings.